The Balaban J connectivity index is 3.24. The van der Waals surface area contributed by atoms with Crippen LogP contribution in [0, 0.1) is 5.41 Å². The summed E-state index contributed by atoms with van der Waals surface area (Å²) in [6, 6.07) is 0. The van der Waals surface area contributed by atoms with E-state index < -0.39 is 17.4 Å². The van der Waals surface area contributed by atoms with Crippen LogP contribution in [-0.2, 0) is 23.9 Å². The van der Waals surface area contributed by atoms with Gasteiger partial charge in [-0.25, -0.2) is 0 Å². The number of rotatable bonds is 6. The van der Waals surface area contributed by atoms with E-state index in [0.29, 0.717) is 17.4 Å². The SMILES string of the molecule is CC(C)=CC1=C(C=O)CC(C(=O)OC(C)C)(C(=O)OC(C)C)C1. The Labute approximate surface area is 137 Å². The first kappa shape index (κ1) is 19.1. The number of esters is 2. The Morgan fingerprint density at radius 1 is 0.957 bits per heavy atom. The van der Waals surface area contributed by atoms with Gasteiger partial charge in [-0.05, 0) is 59.1 Å². The van der Waals surface area contributed by atoms with Crippen molar-refractivity contribution >= 4 is 18.2 Å². The molecule has 0 saturated carbocycles. The molecule has 0 unspecified atom stereocenters. The highest BCUT2D eigenvalue weighted by molar-refractivity contribution is 6.03. The second kappa shape index (κ2) is 7.57. The first-order valence-corrected chi connectivity index (χ1v) is 7.86. The minimum atomic E-state index is -1.47. The van der Waals surface area contributed by atoms with Crippen LogP contribution in [0.5, 0.6) is 0 Å². The van der Waals surface area contributed by atoms with Gasteiger partial charge in [-0.3, -0.25) is 14.4 Å². The van der Waals surface area contributed by atoms with E-state index in [1.54, 1.807) is 27.7 Å². The molecule has 0 radical (unpaired) electrons. The van der Waals surface area contributed by atoms with Crippen molar-refractivity contribution in [3.05, 3.63) is 22.8 Å². The van der Waals surface area contributed by atoms with E-state index in [9.17, 15) is 14.4 Å². The molecular formula is C18H26O5. The lowest BCUT2D eigenvalue weighted by molar-refractivity contribution is -0.176. The number of carbonyl (C=O) groups is 3. The quantitative estimate of drug-likeness (QED) is 0.427. The highest BCUT2D eigenvalue weighted by Crippen LogP contribution is 2.44. The summed E-state index contributed by atoms with van der Waals surface area (Å²) in [5.74, 6) is -1.26. The van der Waals surface area contributed by atoms with Crippen LogP contribution in [0.15, 0.2) is 22.8 Å². The van der Waals surface area contributed by atoms with Crippen LogP contribution in [0.25, 0.3) is 0 Å². The Kier molecular flexibility index (Phi) is 6.30. The van der Waals surface area contributed by atoms with E-state index in [1.807, 2.05) is 19.9 Å². The van der Waals surface area contributed by atoms with E-state index in [1.165, 1.54) is 0 Å². The molecule has 0 saturated heterocycles. The minimum Gasteiger partial charge on any atom is -0.462 e. The highest BCUT2D eigenvalue weighted by atomic mass is 16.6. The third-order valence-corrected chi connectivity index (χ3v) is 3.47. The summed E-state index contributed by atoms with van der Waals surface area (Å²) in [4.78, 5) is 36.6. The predicted octanol–water partition coefficient (Wildman–Crippen LogP) is 3.13. The average Bonchev–Trinajstić information content (AvgIpc) is 2.76. The molecule has 0 aromatic carbocycles. The van der Waals surface area contributed by atoms with Gasteiger partial charge in [0.15, 0.2) is 5.41 Å². The normalized spacial score (nSPS) is 16.5. The second-order valence-corrected chi connectivity index (χ2v) is 6.73. The molecule has 0 spiro atoms. The Bertz CT molecular complexity index is 526. The zero-order valence-electron chi connectivity index (χ0n) is 14.8. The maximum atomic E-state index is 12.6. The molecule has 128 valence electrons. The van der Waals surface area contributed by atoms with Crippen LogP contribution in [0.1, 0.15) is 54.4 Å². The van der Waals surface area contributed by atoms with Crippen molar-refractivity contribution in [1.82, 2.24) is 0 Å². The maximum absolute atomic E-state index is 12.6. The first-order chi connectivity index (χ1) is 10.6. The average molecular weight is 322 g/mol. The molecule has 5 heteroatoms. The maximum Gasteiger partial charge on any atom is 0.324 e. The number of hydrogen-bond acceptors (Lipinski definition) is 5. The van der Waals surface area contributed by atoms with E-state index >= 15 is 0 Å². The van der Waals surface area contributed by atoms with Crippen molar-refractivity contribution in [1.29, 1.82) is 0 Å². The van der Waals surface area contributed by atoms with E-state index in [4.69, 9.17) is 9.47 Å². The van der Waals surface area contributed by atoms with Gasteiger partial charge in [-0.1, -0.05) is 11.6 Å². The molecule has 1 rings (SSSR count). The number of carbonyl (C=O) groups excluding carboxylic acids is 3. The van der Waals surface area contributed by atoms with Crippen LogP contribution < -0.4 is 0 Å². The Morgan fingerprint density at radius 2 is 1.39 bits per heavy atom. The predicted molar refractivity (Wildman–Crippen MR) is 86.6 cm³/mol. The molecule has 0 fully saturated rings. The fourth-order valence-corrected chi connectivity index (χ4v) is 2.58. The number of allylic oxidation sites excluding steroid dienone is 4. The molecule has 0 amide bonds. The standard InChI is InChI=1S/C18H26O5/c1-11(2)7-14-8-18(9-15(14)10-19,16(20)22-12(3)4)17(21)23-13(5)6/h7,10,12-13H,8-9H2,1-6H3. The van der Waals surface area contributed by atoms with Crippen molar-refractivity contribution in [2.45, 2.75) is 66.6 Å². The minimum absolute atomic E-state index is 0.0206. The summed E-state index contributed by atoms with van der Waals surface area (Å²) in [6.07, 6.45) is 1.99. The first-order valence-electron chi connectivity index (χ1n) is 7.86. The molecule has 1 aliphatic carbocycles. The van der Waals surface area contributed by atoms with Crippen LogP contribution in [0.2, 0.25) is 0 Å². The second-order valence-electron chi connectivity index (χ2n) is 6.73. The van der Waals surface area contributed by atoms with Crippen LogP contribution in [0.4, 0.5) is 0 Å². The van der Waals surface area contributed by atoms with Gasteiger partial charge in [0.1, 0.15) is 6.29 Å². The van der Waals surface area contributed by atoms with Crippen LogP contribution >= 0.6 is 0 Å². The number of ether oxygens (including phenoxy) is 2. The smallest absolute Gasteiger partial charge is 0.324 e. The monoisotopic (exact) mass is 322 g/mol. The van der Waals surface area contributed by atoms with Gasteiger partial charge in [0, 0.05) is 6.42 Å². The third-order valence-electron chi connectivity index (χ3n) is 3.47. The fourth-order valence-electron chi connectivity index (χ4n) is 2.58. The molecule has 5 nitrogen and oxygen atoms in total. The van der Waals surface area contributed by atoms with Gasteiger partial charge in [0.2, 0.25) is 0 Å². The lowest BCUT2D eigenvalue weighted by Gasteiger charge is -2.27. The van der Waals surface area contributed by atoms with Crippen molar-refractivity contribution in [3.8, 4) is 0 Å². The van der Waals surface area contributed by atoms with Crippen LogP contribution in [0.3, 0.4) is 0 Å². The molecule has 0 N–H and O–H groups in total. The number of hydrogen-bond donors (Lipinski definition) is 0. The third kappa shape index (κ3) is 4.53. The van der Waals surface area contributed by atoms with Crippen LogP contribution in [-0.4, -0.2) is 30.4 Å². The summed E-state index contributed by atoms with van der Waals surface area (Å²) in [5.41, 5.74) is 0.671. The molecule has 0 aromatic rings. The van der Waals surface area contributed by atoms with E-state index in [-0.39, 0.29) is 25.0 Å². The molecule has 23 heavy (non-hydrogen) atoms. The van der Waals surface area contributed by atoms with E-state index in [2.05, 4.69) is 0 Å². The molecule has 0 aliphatic heterocycles. The van der Waals surface area contributed by atoms with Crippen molar-refractivity contribution in [2.24, 2.45) is 5.41 Å². The summed E-state index contributed by atoms with van der Waals surface area (Å²) in [7, 11) is 0. The zero-order chi connectivity index (χ0) is 17.8. The summed E-state index contributed by atoms with van der Waals surface area (Å²) in [6.45, 7) is 10.7. The van der Waals surface area contributed by atoms with Crippen molar-refractivity contribution in [3.63, 3.8) is 0 Å². The van der Waals surface area contributed by atoms with Crippen molar-refractivity contribution < 1.29 is 23.9 Å². The molecule has 0 atom stereocenters. The lowest BCUT2D eigenvalue weighted by Crippen LogP contribution is -2.42. The van der Waals surface area contributed by atoms with Gasteiger partial charge in [0.25, 0.3) is 0 Å². The van der Waals surface area contributed by atoms with E-state index in [0.717, 1.165) is 5.57 Å². The zero-order valence-corrected chi connectivity index (χ0v) is 14.8. The van der Waals surface area contributed by atoms with Gasteiger partial charge in [-0.15, -0.1) is 0 Å². The molecule has 1 aliphatic rings. The molecule has 0 bridgehead atoms. The van der Waals surface area contributed by atoms with Crippen molar-refractivity contribution in [2.75, 3.05) is 0 Å². The number of aldehydes is 1. The molecule has 0 heterocycles. The highest BCUT2D eigenvalue weighted by Gasteiger charge is 2.54. The molecular weight excluding hydrogens is 296 g/mol. The van der Waals surface area contributed by atoms with Gasteiger partial charge < -0.3 is 9.47 Å². The van der Waals surface area contributed by atoms with Gasteiger partial charge in [-0.2, -0.15) is 0 Å². The summed E-state index contributed by atoms with van der Waals surface area (Å²) >= 11 is 0. The Morgan fingerprint density at radius 3 is 1.74 bits per heavy atom. The lowest BCUT2D eigenvalue weighted by atomic mass is 9.83. The topological polar surface area (TPSA) is 69.7 Å². The summed E-state index contributed by atoms with van der Waals surface area (Å²) < 4.78 is 10.6. The molecule has 0 aromatic heterocycles. The Hall–Kier alpha value is -1.91. The fraction of sp³-hybridized carbons (Fsp3) is 0.611. The van der Waals surface area contributed by atoms with Gasteiger partial charge >= 0.3 is 11.9 Å². The van der Waals surface area contributed by atoms with Gasteiger partial charge in [0.05, 0.1) is 12.2 Å². The largest absolute Gasteiger partial charge is 0.462 e. The summed E-state index contributed by atoms with van der Waals surface area (Å²) in [5, 5.41) is 0.